The van der Waals surface area contributed by atoms with E-state index in [0.29, 0.717) is 0 Å². The smallest absolute Gasteiger partial charge is 0.193 e. The van der Waals surface area contributed by atoms with Gasteiger partial charge in [0.1, 0.15) is 5.82 Å². The first-order valence-corrected chi connectivity index (χ1v) is 6.78. The molecule has 18 heavy (non-hydrogen) atoms. The minimum atomic E-state index is 0.268. The predicted octanol–water partition coefficient (Wildman–Crippen LogP) is 2.37. The van der Waals surface area contributed by atoms with Crippen molar-refractivity contribution >= 4 is 39.1 Å². The second kappa shape index (κ2) is 4.37. The summed E-state index contributed by atoms with van der Waals surface area (Å²) in [6.45, 7) is 0.902. The summed E-state index contributed by atoms with van der Waals surface area (Å²) >= 11 is 8.45. The Bertz CT molecular complexity index is 618. The number of benzene rings is 1. The molecule has 3 rings (SSSR count). The summed E-state index contributed by atoms with van der Waals surface area (Å²) in [6.07, 6.45) is 0.948. The molecule has 92 valence electrons. The minimum absolute atomic E-state index is 0.268. The highest BCUT2D eigenvalue weighted by atomic mass is 79.9. The van der Waals surface area contributed by atoms with E-state index in [1.165, 1.54) is 5.56 Å². The number of rotatable bonds is 1. The Labute approximate surface area is 118 Å². The minimum Gasteiger partial charge on any atom is -0.374 e. The van der Waals surface area contributed by atoms with Crippen LogP contribution in [0.4, 0.5) is 5.82 Å². The van der Waals surface area contributed by atoms with Gasteiger partial charge in [-0.15, -0.1) is 0 Å². The molecule has 2 heterocycles. The van der Waals surface area contributed by atoms with Gasteiger partial charge < -0.3 is 11.1 Å². The maximum absolute atomic E-state index is 5.69. The van der Waals surface area contributed by atoms with Crippen molar-refractivity contribution in [3.05, 3.63) is 34.3 Å². The Kier molecular flexibility index (Phi) is 2.83. The second-order valence-electron chi connectivity index (χ2n) is 4.11. The van der Waals surface area contributed by atoms with Gasteiger partial charge in [0.2, 0.25) is 0 Å². The van der Waals surface area contributed by atoms with Crippen molar-refractivity contribution in [3.8, 4) is 11.3 Å². The van der Waals surface area contributed by atoms with Gasteiger partial charge in [-0.05, 0) is 30.8 Å². The number of hydrogen-bond acceptors (Lipinski definition) is 3. The van der Waals surface area contributed by atoms with Crippen LogP contribution in [-0.2, 0) is 6.42 Å². The van der Waals surface area contributed by atoms with Crippen LogP contribution in [0.5, 0.6) is 0 Å². The van der Waals surface area contributed by atoms with Crippen LogP contribution in [0.2, 0.25) is 0 Å². The molecule has 0 saturated heterocycles. The lowest BCUT2D eigenvalue weighted by Gasteiger charge is -2.02. The molecule has 1 aromatic heterocycles. The van der Waals surface area contributed by atoms with Crippen LogP contribution in [0.1, 0.15) is 5.56 Å². The van der Waals surface area contributed by atoms with Crippen LogP contribution in [0, 0.1) is 0 Å². The number of nitrogens with two attached hydrogens (primary N) is 1. The van der Waals surface area contributed by atoms with Gasteiger partial charge in [-0.3, -0.25) is 0 Å². The lowest BCUT2D eigenvalue weighted by molar-refractivity contribution is 0.935. The Morgan fingerprint density at radius 1 is 1.39 bits per heavy atom. The van der Waals surface area contributed by atoms with Crippen molar-refractivity contribution in [2.24, 2.45) is 5.73 Å². The van der Waals surface area contributed by atoms with Gasteiger partial charge in [0.05, 0.1) is 5.69 Å². The third kappa shape index (κ3) is 1.81. The van der Waals surface area contributed by atoms with E-state index in [1.807, 2.05) is 24.3 Å². The fourth-order valence-corrected chi connectivity index (χ4v) is 2.57. The Hall–Kier alpha value is -1.40. The third-order valence-electron chi connectivity index (χ3n) is 2.98. The molecule has 6 heteroatoms. The van der Waals surface area contributed by atoms with Crippen LogP contribution in [0.3, 0.4) is 0 Å². The molecule has 1 aromatic carbocycles. The first kappa shape index (κ1) is 11.7. The molecule has 0 atom stereocenters. The highest BCUT2D eigenvalue weighted by Gasteiger charge is 2.23. The first-order valence-electron chi connectivity index (χ1n) is 5.58. The molecule has 0 aliphatic carbocycles. The molecule has 4 nitrogen and oxygen atoms in total. The fraction of sp³-hybridized carbons (Fsp3) is 0.167. The Morgan fingerprint density at radius 2 is 2.11 bits per heavy atom. The SMILES string of the molecule is NC(=S)n1nc(-c2ccc(Br)cc2)c2c1NCC2. The zero-order valence-corrected chi connectivity index (χ0v) is 11.9. The average molecular weight is 323 g/mol. The van der Waals surface area contributed by atoms with Crippen molar-refractivity contribution in [2.45, 2.75) is 6.42 Å². The highest BCUT2D eigenvalue weighted by molar-refractivity contribution is 9.10. The molecule has 0 fully saturated rings. The highest BCUT2D eigenvalue weighted by Crippen LogP contribution is 2.32. The summed E-state index contributed by atoms with van der Waals surface area (Å²) in [5.74, 6) is 0.931. The van der Waals surface area contributed by atoms with Crippen molar-refractivity contribution < 1.29 is 0 Å². The predicted molar refractivity (Wildman–Crippen MR) is 79.7 cm³/mol. The van der Waals surface area contributed by atoms with Crippen molar-refractivity contribution in [2.75, 3.05) is 11.9 Å². The molecule has 0 spiro atoms. The number of fused-ring (bicyclic) bond motifs is 1. The summed E-state index contributed by atoms with van der Waals surface area (Å²) in [5.41, 5.74) is 8.90. The van der Waals surface area contributed by atoms with E-state index in [4.69, 9.17) is 18.0 Å². The van der Waals surface area contributed by atoms with Crippen LogP contribution in [0.15, 0.2) is 28.7 Å². The summed E-state index contributed by atoms with van der Waals surface area (Å²) in [6, 6.07) is 8.08. The van der Waals surface area contributed by atoms with E-state index < -0.39 is 0 Å². The second-order valence-corrected chi connectivity index (χ2v) is 5.44. The summed E-state index contributed by atoms with van der Waals surface area (Å²) in [5, 5.41) is 8.05. The fourth-order valence-electron chi connectivity index (χ4n) is 2.17. The summed E-state index contributed by atoms with van der Waals surface area (Å²) < 4.78 is 2.66. The number of anilines is 1. The van der Waals surface area contributed by atoms with Gasteiger partial charge in [0.25, 0.3) is 0 Å². The van der Waals surface area contributed by atoms with Gasteiger partial charge >= 0.3 is 0 Å². The summed E-state index contributed by atoms with van der Waals surface area (Å²) in [4.78, 5) is 0. The number of aromatic nitrogens is 2. The van der Waals surface area contributed by atoms with Crippen molar-refractivity contribution in [1.29, 1.82) is 0 Å². The van der Waals surface area contributed by atoms with Gasteiger partial charge in [-0.2, -0.15) is 9.78 Å². The zero-order valence-electron chi connectivity index (χ0n) is 9.48. The molecular formula is C12H11BrN4S. The topological polar surface area (TPSA) is 55.9 Å². The standard InChI is InChI=1S/C12H11BrN4S/c13-8-3-1-7(2-4-8)10-9-5-6-15-11(9)17(16-10)12(14)18/h1-4,15H,5-6H2,(H2,14,18). The van der Waals surface area contributed by atoms with Gasteiger partial charge in [-0.25, -0.2) is 0 Å². The number of halogens is 1. The molecule has 0 amide bonds. The van der Waals surface area contributed by atoms with Gasteiger partial charge in [-0.1, -0.05) is 28.1 Å². The Balaban J connectivity index is 2.15. The Morgan fingerprint density at radius 3 is 2.78 bits per heavy atom. The molecule has 0 unspecified atom stereocenters. The van der Waals surface area contributed by atoms with E-state index in [9.17, 15) is 0 Å². The van der Waals surface area contributed by atoms with E-state index in [2.05, 4.69) is 26.3 Å². The number of nitrogens with zero attached hydrogens (tertiary/aromatic N) is 2. The molecular weight excluding hydrogens is 312 g/mol. The lowest BCUT2D eigenvalue weighted by Crippen LogP contribution is -2.22. The van der Waals surface area contributed by atoms with Crippen LogP contribution >= 0.6 is 28.1 Å². The molecule has 0 bridgehead atoms. The zero-order chi connectivity index (χ0) is 12.7. The molecule has 3 N–H and O–H groups in total. The van der Waals surface area contributed by atoms with E-state index in [1.54, 1.807) is 4.68 Å². The maximum Gasteiger partial charge on any atom is 0.193 e. The monoisotopic (exact) mass is 322 g/mol. The molecule has 1 aliphatic heterocycles. The maximum atomic E-state index is 5.69. The third-order valence-corrected chi connectivity index (χ3v) is 3.68. The number of nitrogens with one attached hydrogen (secondary N) is 1. The quantitative estimate of drug-likeness (QED) is 0.791. The van der Waals surface area contributed by atoms with Gasteiger partial charge in [0.15, 0.2) is 5.11 Å². The van der Waals surface area contributed by atoms with Crippen molar-refractivity contribution in [1.82, 2.24) is 9.78 Å². The molecule has 0 saturated carbocycles. The van der Waals surface area contributed by atoms with Crippen LogP contribution < -0.4 is 11.1 Å². The van der Waals surface area contributed by atoms with Gasteiger partial charge in [0, 0.05) is 22.1 Å². The summed E-state index contributed by atoms with van der Waals surface area (Å²) in [7, 11) is 0. The molecule has 2 aromatic rings. The van der Waals surface area contributed by atoms with Crippen LogP contribution in [-0.4, -0.2) is 21.4 Å². The number of hydrogen-bond donors (Lipinski definition) is 2. The molecule has 0 radical (unpaired) electrons. The molecule has 1 aliphatic rings. The van der Waals surface area contributed by atoms with E-state index >= 15 is 0 Å². The first-order chi connectivity index (χ1) is 8.66. The van der Waals surface area contributed by atoms with Crippen molar-refractivity contribution in [3.63, 3.8) is 0 Å². The largest absolute Gasteiger partial charge is 0.374 e. The normalized spacial score (nSPS) is 13.2. The van der Waals surface area contributed by atoms with E-state index in [-0.39, 0.29) is 5.11 Å². The van der Waals surface area contributed by atoms with E-state index in [0.717, 1.165) is 34.5 Å². The lowest BCUT2D eigenvalue weighted by atomic mass is 10.1. The average Bonchev–Trinajstić information content (AvgIpc) is 2.91. The number of thiocarbonyl (C=S) groups is 1. The van der Waals surface area contributed by atoms with Crippen LogP contribution in [0.25, 0.3) is 11.3 Å².